The van der Waals surface area contributed by atoms with Crippen molar-refractivity contribution in [2.45, 2.75) is 37.5 Å². The second kappa shape index (κ2) is 10.9. The standard InChI is InChI=1S/C22H16Cl3F7N2O2/c1-2-9(19(33)35)16-10(3-4-11(20(34)36)17(16)22(30,31)32)15(26)7-12(21(27,28)29)8-5-13(23)18(25)14(24)6-8/h3-7,9,12H,2H2,1H3,(H2,33,35)(H2,34,36)/b15-7-/t9-,12?/m1/s1. The summed E-state index contributed by atoms with van der Waals surface area (Å²) < 4.78 is 99.1. The van der Waals surface area contributed by atoms with Crippen LogP contribution in [0.3, 0.4) is 0 Å². The topological polar surface area (TPSA) is 86.2 Å². The van der Waals surface area contributed by atoms with Gasteiger partial charge in [-0.3, -0.25) is 9.59 Å². The first-order valence-electron chi connectivity index (χ1n) is 9.83. The van der Waals surface area contributed by atoms with E-state index < -0.39 is 76.1 Å². The minimum atomic E-state index is -5.35. The summed E-state index contributed by atoms with van der Waals surface area (Å²) >= 11 is 17.3. The average Bonchev–Trinajstić information content (AvgIpc) is 2.73. The molecule has 2 amide bonds. The Labute approximate surface area is 215 Å². The molecule has 0 radical (unpaired) electrons. The number of carbonyl (C=O) groups is 2. The van der Waals surface area contributed by atoms with Crippen molar-refractivity contribution in [3.8, 4) is 0 Å². The van der Waals surface area contributed by atoms with Gasteiger partial charge in [-0.15, -0.1) is 0 Å². The lowest BCUT2D eigenvalue weighted by Crippen LogP contribution is -2.28. The first-order valence-corrected chi connectivity index (χ1v) is 11.0. The SMILES string of the molecule is CC[C@@H](C(N)=O)c1c(/C(F)=C/C(c2cc(Cl)c(Cl)c(Cl)c2)C(F)(F)F)ccc(C(N)=O)c1C(F)(F)F. The number of hydrogen-bond donors (Lipinski definition) is 2. The molecule has 0 bridgehead atoms. The molecule has 2 aromatic carbocycles. The van der Waals surface area contributed by atoms with Crippen LogP contribution in [0.5, 0.6) is 0 Å². The third-order valence-corrected chi connectivity index (χ3v) is 6.38. The van der Waals surface area contributed by atoms with E-state index in [0.29, 0.717) is 12.1 Å². The van der Waals surface area contributed by atoms with Crippen molar-refractivity contribution in [2.75, 3.05) is 0 Å². The van der Waals surface area contributed by atoms with Gasteiger partial charge in [-0.2, -0.15) is 26.3 Å². The van der Waals surface area contributed by atoms with Crippen molar-refractivity contribution in [2.24, 2.45) is 11.5 Å². The van der Waals surface area contributed by atoms with Gasteiger partial charge in [-0.05, 0) is 41.8 Å². The first-order chi connectivity index (χ1) is 16.4. The van der Waals surface area contributed by atoms with Crippen LogP contribution in [0.25, 0.3) is 5.83 Å². The number of carbonyl (C=O) groups excluding carboxylic acids is 2. The van der Waals surface area contributed by atoms with E-state index in [2.05, 4.69) is 0 Å². The number of amides is 2. The Hall–Kier alpha value is -2.50. The van der Waals surface area contributed by atoms with Gasteiger partial charge in [0, 0.05) is 5.56 Å². The van der Waals surface area contributed by atoms with Crippen LogP contribution >= 0.6 is 34.8 Å². The Bertz CT molecular complexity index is 1200. The smallest absolute Gasteiger partial charge is 0.369 e. The Morgan fingerprint density at radius 2 is 1.47 bits per heavy atom. The molecule has 0 spiro atoms. The van der Waals surface area contributed by atoms with E-state index in [9.17, 15) is 35.9 Å². The molecule has 2 atom stereocenters. The largest absolute Gasteiger partial charge is 0.417 e. The van der Waals surface area contributed by atoms with Gasteiger partial charge in [0.05, 0.1) is 32.1 Å². The van der Waals surface area contributed by atoms with Gasteiger partial charge in [0.1, 0.15) is 11.7 Å². The number of hydrogen-bond acceptors (Lipinski definition) is 2. The molecule has 4 nitrogen and oxygen atoms in total. The number of rotatable bonds is 7. The first kappa shape index (κ1) is 29.7. The van der Waals surface area contributed by atoms with Crippen molar-refractivity contribution in [3.63, 3.8) is 0 Å². The second-order valence-electron chi connectivity index (χ2n) is 7.51. The molecule has 2 rings (SSSR count). The van der Waals surface area contributed by atoms with Crippen molar-refractivity contribution >= 4 is 52.4 Å². The summed E-state index contributed by atoms with van der Waals surface area (Å²) in [7, 11) is 0. The lowest BCUT2D eigenvalue weighted by molar-refractivity contribution is -0.140. The molecule has 0 aromatic heterocycles. The van der Waals surface area contributed by atoms with Crippen LogP contribution in [0.2, 0.25) is 15.1 Å². The molecule has 0 saturated carbocycles. The molecule has 14 heteroatoms. The molecule has 0 aliphatic rings. The molecule has 1 unspecified atom stereocenters. The maximum atomic E-state index is 15.4. The summed E-state index contributed by atoms with van der Waals surface area (Å²) in [5.41, 5.74) is 4.54. The summed E-state index contributed by atoms with van der Waals surface area (Å²) in [5.74, 6) is -9.23. The van der Waals surface area contributed by atoms with Gasteiger partial charge < -0.3 is 11.5 Å². The predicted molar refractivity (Wildman–Crippen MR) is 122 cm³/mol. The maximum Gasteiger partial charge on any atom is 0.417 e. The van der Waals surface area contributed by atoms with E-state index in [1.165, 1.54) is 6.92 Å². The summed E-state index contributed by atoms with van der Waals surface area (Å²) in [6, 6.07) is 2.67. The summed E-state index contributed by atoms with van der Waals surface area (Å²) in [6.45, 7) is 1.24. The number of nitrogens with two attached hydrogens (primary N) is 2. The van der Waals surface area contributed by atoms with Crippen LogP contribution in [-0.4, -0.2) is 18.0 Å². The summed E-state index contributed by atoms with van der Waals surface area (Å²) in [4.78, 5) is 23.6. The molecule has 0 aliphatic heterocycles. The number of benzene rings is 2. The fourth-order valence-electron chi connectivity index (χ4n) is 3.62. The average molecular weight is 580 g/mol. The number of primary amides is 2. The van der Waals surface area contributed by atoms with Crippen LogP contribution in [0.4, 0.5) is 30.7 Å². The molecule has 4 N–H and O–H groups in total. The van der Waals surface area contributed by atoms with E-state index in [0.717, 1.165) is 12.1 Å². The molecule has 2 aromatic rings. The summed E-state index contributed by atoms with van der Waals surface area (Å²) in [6.07, 6.45) is -10.9. The molecule has 36 heavy (non-hydrogen) atoms. The monoisotopic (exact) mass is 578 g/mol. The van der Waals surface area contributed by atoms with Gasteiger partial charge in [-0.25, -0.2) is 4.39 Å². The third kappa shape index (κ3) is 6.24. The normalized spacial score (nSPS) is 14.5. The molecule has 0 fully saturated rings. The lowest BCUT2D eigenvalue weighted by atomic mass is 9.83. The Morgan fingerprint density at radius 3 is 1.86 bits per heavy atom. The molecule has 0 aliphatic carbocycles. The van der Waals surface area contributed by atoms with Crippen molar-refractivity contribution in [3.05, 3.63) is 73.2 Å². The van der Waals surface area contributed by atoms with Crippen LogP contribution < -0.4 is 11.5 Å². The fourth-order valence-corrected chi connectivity index (χ4v) is 4.23. The Balaban J connectivity index is 2.94. The summed E-state index contributed by atoms with van der Waals surface area (Å²) in [5, 5.41) is -1.03. The number of alkyl halides is 6. The van der Waals surface area contributed by atoms with Crippen LogP contribution in [-0.2, 0) is 11.0 Å². The maximum absolute atomic E-state index is 15.4. The van der Waals surface area contributed by atoms with Crippen LogP contribution in [0.15, 0.2) is 30.3 Å². The number of halogens is 10. The lowest BCUT2D eigenvalue weighted by Gasteiger charge is -2.24. The fraction of sp³-hybridized carbons (Fsp3) is 0.273. The van der Waals surface area contributed by atoms with E-state index in [-0.39, 0.29) is 21.1 Å². The molecular weight excluding hydrogens is 564 g/mol. The van der Waals surface area contributed by atoms with Crippen molar-refractivity contribution in [1.82, 2.24) is 0 Å². The van der Waals surface area contributed by atoms with E-state index >= 15 is 4.39 Å². The third-order valence-electron chi connectivity index (χ3n) is 5.18. The molecule has 0 heterocycles. The Morgan fingerprint density at radius 1 is 0.972 bits per heavy atom. The molecule has 196 valence electrons. The predicted octanol–water partition coefficient (Wildman–Crippen LogP) is 7.40. The zero-order valence-corrected chi connectivity index (χ0v) is 20.3. The minimum absolute atomic E-state index is 0.00740. The molecular formula is C22H16Cl3F7N2O2. The zero-order valence-electron chi connectivity index (χ0n) is 18.0. The van der Waals surface area contributed by atoms with Gasteiger partial charge in [0.25, 0.3) is 0 Å². The highest BCUT2D eigenvalue weighted by molar-refractivity contribution is 6.48. The molecule has 0 saturated heterocycles. The van der Waals surface area contributed by atoms with Crippen LogP contribution in [0, 0.1) is 0 Å². The van der Waals surface area contributed by atoms with E-state index in [4.69, 9.17) is 46.3 Å². The highest BCUT2D eigenvalue weighted by Crippen LogP contribution is 2.45. The van der Waals surface area contributed by atoms with Gasteiger partial charge in [0.15, 0.2) is 0 Å². The highest BCUT2D eigenvalue weighted by atomic mass is 35.5. The van der Waals surface area contributed by atoms with E-state index in [1.54, 1.807) is 0 Å². The Kier molecular flexibility index (Phi) is 8.97. The second-order valence-corrected chi connectivity index (χ2v) is 8.70. The van der Waals surface area contributed by atoms with E-state index in [1.807, 2.05) is 0 Å². The van der Waals surface area contributed by atoms with Crippen LogP contribution in [0.1, 0.15) is 57.8 Å². The van der Waals surface area contributed by atoms with Crippen molar-refractivity contribution in [1.29, 1.82) is 0 Å². The van der Waals surface area contributed by atoms with Gasteiger partial charge >= 0.3 is 12.4 Å². The van der Waals surface area contributed by atoms with Gasteiger partial charge in [-0.1, -0.05) is 47.8 Å². The zero-order chi connectivity index (χ0) is 27.7. The quantitative estimate of drug-likeness (QED) is 0.265. The van der Waals surface area contributed by atoms with Crippen molar-refractivity contribution < 1.29 is 40.3 Å². The highest BCUT2D eigenvalue weighted by Gasteiger charge is 2.43. The minimum Gasteiger partial charge on any atom is -0.369 e. The number of allylic oxidation sites excluding steroid dienone is 1. The van der Waals surface area contributed by atoms with Gasteiger partial charge in [0.2, 0.25) is 11.8 Å².